The second-order valence-corrected chi connectivity index (χ2v) is 6.54. The highest BCUT2D eigenvalue weighted by Gasteiger charge is 2.13. The van der Waals surface area contributed by atoms with Gasteiger partial charge in [0.05, 0.1) is 0 Å². The third-order valence-electron chi connectivity index (χ3n) is 3.37. The van der Waals surface area contributed by atoms with Gasteiger partial charge in [0.25, 0.3) is 0 Å². The monoisotopic (exact) mass is 262 g/mol. The number of rotatable bonds is 5. The van der Waals surface area contributed by atoms with Gasteiger partial charge in [0.2, 0.25) is 0 Å². The molecule has 0 saturated carbocycles. The smallest absolute Gasteiger partial charge is 0.188 e. The van der Waals surface area contributed by atoms with E-state index in [1.807, 2.05) is 19.9 Å². The second-order valence-electron chi connectivity index (χ2n) is 6.54. The van der Waals surface area contributed by atoms with E-state index >= 15 is 0 Å². The van der Waals surface area contributed by atoms with Gasteiger partial charge in [-0.25, -0.2) is 0 Å². The molecule has 0 amide bonds. The van der Waals surface area contributed by atoms with Gasteiger partial charge in [0.15, 0.2) is 5.78 Å². The fourth-order valence-electron chi connectivity index (χ4n) is 1.88. The van der Waals surface area contributed by atoms with Crippen molar-refractivity contribution >= 4 is 5.78 Å². The zero-order valence-corrected chi connectivity index (χ0v) is 13.1. The SMILES string of the molecule is Cc1cc(C)c(C(=O)COCCC(C)(C)C)cc1C. The fraction of sp³-hybridized carbons (Fsp3) is 0.588. The Morgan fingerprint density at radius 3 is 2.21 bits per heavy atom. The Morgan fingerprint density at radius 2 is 1.63 bits per heavy atom. The molecule has 2 heteroatoms. The van der Waals surface area contributed by atoms with Crippen molar-refractivity contribution in [1.29, 1.82) is 0 Å². The fourth-order valence-corrected chi connectivity index (χ4v) is 1.88. The molecule has 106 valence electrons. The van der Waals surface area contributed by atoms with Gasteiger partial charge in [-0.3, -0.25) is 4.79 Å². The van der Waals surface area contributed by atoms with Crippen LogP contribution >= 0.6 is 0 Å². The van der Waals surface area contributed by atoms with Crippen LogP contribution in [0.3, 0.4) is 0 Å². The molecular weight excluding hydrogens is 236 g/mol. The van der Waals surface area contributed by atoms with E-state index in [4.69, 9.17) is 4.74 Å². The van der Waals surface area contributed by atoms with Gasteiger partial charge in [0.1, 0.15) is 6.61 Å². The van der Waals surface area contributed by atoms with Crippen LogP contribution in [0.5, 0.6) is 0 Å². The van der Waals surface area contributed by atoms with Crippen LogP contribution in [0.15, 0.2) is 12.1 Å². The number of hydrogen-bond acceptors (Lipinski definition) is 2. The van der Waals surface area contributed by atoms with Crippen LogP contribution in [0, 0.1) is 26.2 Å². The second kappa shape index (κ2) is 6.33. The Balaban J connectivity index is 2.57. The molecule has 0 heterocycles. The molecule has 0 unspecified atom stereocenters. The average Bonchev–Trinajstić information content (AvgIpc) is 2.28. The van der Waals surface area contributed by atoms with Crippen molar-refractivity contribution in [3.63, 3.8) is 0 Å². The molecule has 19 heavy (non-hydrogen) atoms. The van der Waals surface area contributed by atoms with Crippen molar-refractivity contribution in [2.45, 2.75) is 48.0 Å². The summed E-state index contributed by atoms with van der Waals surface area (Å²) in [7, 11) is 0. The van der Waals surface area contributed by atoms with Gasteiger partial charge in [-0.15, -0.1) is 0 Å². The molecule has 1 aromatic carbocycles. The van der Waals surface area contributed by atoms with Crippen LogP contribution < -0.4 is 0 Å². The number of ether oxygens (including phenoxy) is 1. The maximum Gasteiger partial charge on any atom is 0.188 e. The van der Waals surface area contributed by atoms with Crippen molar-refractivity contribution in [3.8, 4) is 0 Å². The summed E-state index contributed by atoms with van der Waals surface area (Å²) in [6.45, 7) is 13.4. The summed E-state index contributed by atoms with van der Waals surface area (Å²) < 4.78 is 5.50. The molecule has 0 bridgehead atoms. The molecule has 0 fully saturated rings. The van der Waals surface area contributed by atoms with Gasteiger partial charge < -0.3 is 4.74 Å². The van der Waals surface area contributed by atoms with Crippen molar-refractivity contribution in [2.24, 2.45) is 5.41 Å². The number of aryl methyl sites for hydroxylation is 3. The number of carbonyl (C=O) groups is 1. The maximum absolute atomic E-state index is 12.1. The van der Waals surface area contributed by atoms with Crippen LogP contribution in [-0.4, -0.2) is 19.0 Å². The van der Waals surface area contributed by atoms with Crippen molar-refractivity contribution in [1.82, 2.24) is 0 Å². The number of hydrogen-bond donors (Lipinski definition) is 0. The molecular formula is C17H26O2. The molecule has 0 saturated heterocycles. The summed E-state index contributed by atoms with van der Waals surface area (Å²) in [4.78, 5) is 12.1. The standard InChI is InChI=1S/C17H26O2/c1-12-9-14(3)15(10-13(12)2)16(18)11-19-8-7-17(4,5)6/h9-10H,7-8,11H2,1-6H3. The topological polar surface area (TPSA) is 26.3 Å². The Morgan fingerprint density at radius 1 is 1.05 bits per heavy atom. The van der Waals surface area contributed by atoms with Gasteiger partial charge in [-0.1, -0.05) is 26.8 Å². The van der Waals surface area contributed by atoms with Crippen LogP contribution in [0.25, 0.3) is 0 Å². The van der Waals surface area contributed by atoms with E-state index in [0.717, 1.165) is 23.1 Å². The first-order valence-corrected chi connectivity index (χ1v) is 6.89. The quantitative estimate of drug-likeness (QED) is 0.586. The summed E-state index contributed by atoms with van der Waals surface area (Å²) in [6, 6.07) is 4.04. The average molecular weight is 262 g/mol. The van der Waals surface area contributed by atoms with Crippen LogP contribution in [0.2, 0.25) is 0 Å². The van der Waals surface area contributed by atoms with E-state index in [-0.39, 0.29) is 17.8 Å². The van der Waals surface area contributed by atoms with Gasteiger partial charge in [-0.2, -0.15) is 0 Å². The lowest BCUT2D eigenvalue weighted by Gasteiger charge is -2.17. The normalized spacial score (nSPS) is 11.7. The minimum atomic E-state index is 0.0782. The minimum Gasteiger partial charge on any atom is -0.373 e. The molecule has 2 nitrogen and oxygen atoms in total. The highest BCUT2D eigenvalue weighted by atomic mass is 16.5. The third kappa shape index (κ3) is 5.15. The molecule has 0 aliphatic heterocycles. The molecule has 0 atom stereocenters. The third-order valence-corrected chi connectivity index (χ3v) is 3.37. The lowest BCUT2D eigenvalue weighted by Crippen LogP contribution is -2.15. The summed E-state index contributed by atoms with van der Waals surface area (Å²) >= 11 is 0. The van der Waals surface area contributed by atoms with Gasteiger partial charge in [0, 0.05) is 12.2 Å². The summed E-state index contributed by atoms with van der Waals surface area (Å²) in [5, 5.41) is 0. The number of ketones is 1. The Labute approximate surface area is 117 Å². The predicted molar refractivity (Wildman–Crippen MR) is 79.9 cm³/mol. The van der Waals surface area contributed by atoms with E-state index in [1.54, 1.807) is 0 Å². The van der Waals surface area contributed by atoms with Crippen molar-refractivity contribution in [2.75, 3.05) is 13.2 Å². The largest absolute Gasteiger partial charge is 0.373 e. The van der Waals surface area contributed by atoms with E-state index in [9.17, 15) is 4.79 Å². The lowest BCUT2D eigenvalue weighted by molar-refractivity contribution is 0.0705. The molecule has 0 aromatic heterocycles. The number of Topliss-reactive ketones (excluding diaryl/α,β-unsaturated/α-hetero) is 1. The van der Waals surface area contributed by atoms with Crippen LogP contribution in [-0.2, 0) is 4.74 Å². The van der Waals surface area contributed by atoms with E-state index in [2.05, 4.69) is 33.8 Å². The molecule has 0 aliphatic carbocycles. The van der Waals surface area contributed by atoms with E-state index in [1.165, 1.54) is 5.56 Å². The first-order chi connectivity index (χ1) is 8.70. The Bertz CT molecular complexity index is 453. The van der Waals surface area contributed by atoms with Crippen molar-refractivity contribution in [3.05, 3.63) is 34.4 Å². The van der Waals surface area contributed by atoms with E-state index in [0.29, 0.717) is 6.61 Å². The summed E-state index contributed by atoms with van der Waals surface area (Å²) in [5.41, 5.74) is 4.46. The highest BCUT2D eigenvalue weighted by molar-refractivity contribution is 5.98. The zero-order chi connectivity index (χ0) is 14.6. The van der Waals surface area contributed by atoms with Gasteiger partial charge in [-0.05, 0) is 55.4 Å². The summed E-state index contributed by atoms with van der Waals surface area (Å²) in [6.07, 6.45) is 0.964. The lowest BCUT2D eigenvalue weighted by atomic mass is 9.93. The van der Waals surface area contributed by atoms with Crippen molar-refractivity contribution < 1.29 is 9.53 Å². The molecule has 0 aliphatic rings. The molecule has 0 radical (unpaired) electrons. The van der Waals surface area contributed by atoms with E-state index < -0.39 is 0 Å². The molecule has 0 spiro atoms. The number of carbonyl (C=O) groups excluding carboxylic acids is 1. The first-order valence-electron chi connectivity index (χ1n) is 6.89. The minimum absolute atomic E-state index is 0.0782. The first kappa shape index (κ1) is 15.9. The maximum atomic E-state index is 12.1. The van der Waals surface area contributed by atoms with Crippen LogP contribution in [0.4, 0.5) is 0 Å². The zero-order valence-electron chi connectivity index (χ0n) is 13.1. The Hall–Kier alpha value is -1.15. The van der Waals surface area contributed by atoms with Gasteiger partial charge >= 0.3 is 0 Å². The summed E-state index contributed by atoms with van der Waals surface area (Å²) in [5.74, 6) is 0.0782. The molecule has 0 N–H and O–H groups in total. The Kier molecular flexibility index (Phi) is 5.30. The molecule has 1 aromatic rings. The van der Waals surface area contributed by atoms with Crippen LogP contribution in [0.1, 0.15) is 54.2 Å². The highest BCUT2D eigenvalue weighted by Crippen LogP contribution is 2.19. The molecule has 1 rings (SSSR count). The number of benzene rings is 1. The predicted octanol–water partition coefficient (Wildman–Crippen LogP) is 4.25.